The zero-order valence-corrected chi connectivity index (χ0v) is 16.5. The number of nitrogens with one attached hydrogen (secondary N) is 1. The third-order valence-electron chi connectivity index (χ3n) is 3.39. The molecule has 9 nitrogen and oxygen atoms in total. The van der Waals surface area contributed by atoms with Crippen LogP contribution in [0.4, 0.5) is 0 Å². The summed E-state index contributed by atoms with van der Waals surface area (Å²) >= 11 is 0.940. The number of aryl methyl sites for hydroxylation is 1. The lowest BCUT2D eigenvalue weighted by molar-refractivity contribution is -0.145. The number of hydrogen-bond donors (Lipinski definition) is 2. The summed E-state index contributed by atoms with van der Waals surface area (Å²) < 4.78 is 15.5. The van der Waals surface area contributed by atoms with Crippen molar-refractivity contribution < 1.29 is 28.9 Å². The standard InChI is InChI=1S/C18H21N3O6S/c1-4-15-19-18(21-20-15)28-14(17(23)24)9-11-6-7-12(13(8-11)25-3)27-10-16(22)26-5-2/h6-9H,4-5,10H2,1-3H3,(H,23,24)(H,19,20,21)/b14-9-. The summed E-state index contributed by atoms with van der Waals surface area (Å²) in [5.74, 6) is -0.208. The van der Waals surface area contributed by atoms with E-state index < -0.39 is 11.9 Å². The average Bonchev–Trinajstić information content (AvgIpc) is 3.14. The van der Waals surface area contributed by atoms with Gasteiger partial charge in [-0.3, -0.25) is 5.10 Å². The minimum Gasteiger partial charge on any atom is -0.493 e. The van der Waals surface area contributed by atoms with Gasteiger partial charge in [0.1, 0.15) is 10.7 Å². The number of thioether (sulfide) groups is 1. The number of carbonyl (C=O) groups excluding carboxylic acids is 1. The highest BCUT2D eigenvalue weighted by molar-refractivity contribution is 8.04. The number of carboxylic acids is 1. The van der Waals surface area contributed by atoms with Crippen molar-refractivity contribution in [2.75, 3.05) is 20.3 Å². The van der Waals surface area contributed by atoms with E-state index in [1.807, 2.05) is 6.92 Å². The maximum atomic E-state index is 11.6. The third-order valence-corrected chi connectivity index (χ3v) is 4.27. The van der Waals surface area contributed by atoms with E-state index in [9.17, 15) is 14.7 Å². The third kappa shape index (κ3) is 6.02. The first-order valence-electron chi connectivity index (χ1n) is 8.47. The zero-order chi connectivity index (χ0) is 20.5. The van der Waals surface area contributed by atoms with Crippen molar-refractivity contribution in [3.05, 3.63) is 34.5 Å². The number of rotatable bonds is 10. The van der Waals surface area contributed by atoms with Crippen molar-refractivity contribution in [2.45, 2.75) is 25.4 Å². The molecule has 0 saturated carbocycles. The number of nitrogens with zero attached hydrogens (tertiary/aromatic N) is 2. The monoisotopic (exact) mass is 407 g/mol. The fourth-order valence-corrected chi connectivity index (χ4v) is 2.82. The summed E-state index contributed by atoms with van der Waals surface area (Å²) in [4.78, 5) is 27.2. The molecule has 0 amide bonds. The van der Waals surface area contributed by atoms with Crippen molar-refractivity contribution in [2.24, 2.45) is 0 Å². The first-order valence-corrected chi connectivity index (χ1v) is 9.29. The molecule has 2 aromatic rings. The van der Waals surface area contributed by atoms with Gasteiger partial charge in [-0.05, 0) is 42.5 Å². The molecule has 150 valence electrons. The Kier molecular flexibility index (Phi) is 7.88. The second-order valence-corrected chi connectivity index (χ2v) is 6.35. The van der Waals surface area contributed by atoms with Gasteiger partial charge in [-0.1, -0.05) is 13.0 Å². The second-order valence-electron chi connectivity index (χ2n) is 5.34. The summed E-state index contributed by atoms with van der Waals surface area (Å²) in [7, 11) is 1.45. The summed E-state index contributed by atoms with van der Waals surface area (Å²) in [6, 6.07) is 4.86. The van der Waals surface area contributed by atoms with Gasteiger partial charge in [-0.15, -0.1) is 5.10 Å². The molecule has 0 atom stereocenters. The summed E-state index contributed by atoms with van der Waals surface area (Å²) in [6.45, 7) is 3.64. The van der Waals surface area contributed by atoms with Crippen LogP contribution in [0.5, 0.6) is 11.5 Å². The highest BCUT2D eigenvalue weighted by Crippen LogP contribution is 2.31. The number of carboxylic acid groups (broad SMARTS) is 1. The molecule has 0 radical (unpaired) electrons. The van der Waals surface area contributed by atoms with Crippen molar-refractivity contribution in [3.8, 4) is 11.5 Å². The van der Waals surface area contributed by atoms with Gasteiger partial charge >= 0.3 is 11.9 Å². The number of aliphatic carboxylic acids is 1. The van der Waals surface area contributed by atoms with Crippen LogP contribution in [-0.2, 0) is 20.7 Å². The Bertz CT molecular complexity index is 865. The normalized spacial score (nSPS) is 11.2. The Labute approximate surface area is 166 Å². The molecule has 0 aliphatic heterocycles. The fourth-order valence-electron chi connectivity index (χ4n) is 2.10. The lowest BCUT2D eigenvalue weighted by atomic mass is 10.2. The van der Waals surface area contributed by atoms with Crippen LogP contribution in [-0.4, -0.2) is 52.6 Å². The van der Waals surface area contributed by atoms with Crippen LogP contribution in [0.25, 0.3) is 6.08 Å². The van der Waals surface area contributed by atoms with Gasteiger partial charge in [-0.25, -0.2) is 14.6 Å². The first-order chi connectivity index (χ1) is 13.5. The van der Waals surface area contributed by atoms with Gasteiger partial charge in [0.2, 0.25) is 5.16 Å². The number of H-pyrrole nitrogens is 1. The quantitative estimate of drug-likeness (QED) is 0.347. The van der Waals surface area contributed by atoms with Crippen LogP contribution >= 0.6 is 11.8 Å². The maximum Gasteiger partial charge on any atom is 0.344 e. The van der Waals surface area contributed by atoms with E-state index in [0.717, 1.165) is 11.8 Å². The summed E-state index contributed by atoms with van der Waals surface area (Å²) in [5, 5.41) is 16.5. The number of hydrogen-bond acceptors (Lipinski definition) is 8. The number of ether oxygens (including phenoxy) is 3. The topological polar surface area (TPSA) is 124 Å². The lowest BCUT2D eigenvalue weighted by Crippen LogP contribution is -2.14. The largest absolute Gasteiger partial charge is 0.493 e. The Balaban J connectivity index is 2.19. The zero-order valence-electron chi connectivity index (χ0n) is 15.7. The van der Waals surface area contributed by atoms with Gasteiger partial charge in [0, 0.05) is 6.42 Å². The molecule has 2 N–H and O–H groups in total. The molecule has 0 aliphatic carbocycles. The van der Waals surface area contributed by atoms with E-state index in [2.05, 4.69) is 15.2 Å². The van der Waals surface area contributed by atoms with Gasteiger partial charge in [-0.2, -0.15) is 0 Å². The minimum absolute atomic E-state index is 0.0453. The number of aromatic amines is 1. The van der Waals surface area contributed by atoms with Crippen molar-refractivity contribution in [3.63, 3.8) is 0 Å². The molecule has 0 spiro atoms. The Morgan fingerprint density at radius 2 is 2.07 bits per heavy atom. The Morgan fingerprint density at radius 3 is 2.68 bits per heavy atom. The highest BCUT2D eigenvalue weighted by Gasteiger charge is 2.15. The van der Waals surface area contributed by atoms with Crippen molar-refractivity contribution in [1.29, 1.82) is 0 Å². The van der Waals surface area contributed by atoms with E-state index in [-0.39, 0.29) is 18.1 Å². The molecule has 0 saturated heterocycles. The smallest absolute Gasteiger partial charge is 0.344 e. The maximum absolute atomic E-state index is 11.6. The Morgan fingerprint density at radius 1 is 1.29 bits per heavy atom. The van der Waals surface area contributed by atoms with Gasteiger partial charge in [0.15, 0.2) is 18.1 Å². The molecule has 0 bridgehead atoms. The van der Waals surface area contributed by atoms with Crippen LogP contribution in [0.1, 0.15) is 25.2 Å². The molecule has 1 aromatic carbocycles. The number of methoxy groups -OCH3 is 1. The van der Waals surface area contributed by atoms with Gasteiger partial charge in [0.25, 0.3) is 0 Å². The molecule has 10 heteroatoms. The van der Waals surface area contributed by atoms with E-state index >= 15 is 0 Å². The lowest BCUT2D eigenvalue weighted by Gasteiger charge is -2.11. The predicted octanol–water partition coefficient (Wildman–Crippen LogP) is 2.54. The predicted molar refractivity (Wildman–Crippen MR) is 102 cm³/mol. The number of carbonyl (C=O) groups is 2. The SMILES string of the molecule is CCOC(=O)COc1ccc(/C=C(\Sc2n[nH]c(CC)n2)C(=O)O)cc1OC. The van der Waals surface area contributed by atoms with Crippen LogP contribution < -0.4 is 9.47 Å². The molecule has 1 heterocycles. The van der Waals surface area contributed by atoms with Crippen LogP contribution in [0, 0.1) is 0 Å². The number of benzene rings is 1. The number of aromatic nitrogens is 3. The highest BCUT2D eigenvalue weighted by atomic mass is 32.2. The molecule has 0 aliphatic rings. The van der Waals surface area contributed by atoms with Gasteiger partial charge < -0.3 is 19.3 Å². The minimum atomic E-state index is -1.10. The van der Waals surface area contributed by atoms with Gasteiger partial charge in [0.05, 0.1) is 13.7 Å². The molecule has 1 aromatic heterocycles. The molecule has 28 heavy (non-hydrogen) atoms. The van der Waals surface area contributed by atoms with E-state index in [1.54, 1.807) is 25.1 Å². The number of esters is 1. The van der Waals surface area contributed by atoms with E-state index in [1.165, 1.54) is 13.2 Å². The van der Waals surface area contributed by atoms with E-state index in [4.69, 9.17) is 14.2 Å². The Hall–Kier alpha value is -3.01. The van der Waals surface area contributed by atoms with Crippen LogP contribution in [0.15, 0.2) is 28.3 Å². The second kappa shape index (κ2) is 10.4. The van der Waals surface area contributed by atoms with Crippen molar-refractivity contribution in [1.82, 2.24) is 15.2 Å². The molecule has 2 rings (SSSR count). The fraction of sp³-hybridized carbons (Fsp3) is 0.333. The molecular formula is C18H21N3O6S. The molecule has 0 fully saturated rings. The molecule has 0 unspecified atom stereocenters. The van der Waals surface area contributed by atoms with Crippen molar-refractivity contribution >= 4 is 29.8 Å². The average molecular weight is 407 g/mol. The van der Waals surface area contributed by atoms with Crippen LogP contribution in [0.2, 0.25) is 0 Å². The first kappa shape index (κ1) is 21.3. The summed E-state index contributed by atoms with van der Waals surface area (Å²) in [5.41, 5.74) is 0.580. The summed E-state index contributed by atoms with van der Waals surface area (Å²) in [6.07, 6.45) is 2.15. The van der Waals surface area contributed by atoms with E-state index in [0.29, 0.717) is 34.5 Å². The van der Waals surface area contributed by atoms with Crippen LogP contribution in [0.3, 0.4) is 0 Å². The molecular weight excluding hydrogens is 386 g/mol.